The molecule has 3 aromatic rings. The van der Waals surface area contributed by atoms with Gasteiger partial charge in [0.1, 0.15) is 12.3 Å². The number of rotatable bonds is 6. The van der Waals surface area contributed by atoms with Crippen LogP contribution in [-0.2, 0) is 27.4 Å². The summed E-state index contributed by atoms with van der Waals surface area (Å²) in [6.45, 7) is 1.30. The number of aromatic nitrogens is 1. The van der Waals surface area contributed by atoms with Gasteiger partial charge in [0, 0.05) is 0 Å². The quantitative estimate of drug-likeness (QED) is 0.679. The van der Waals surface area contributed by atoms with E-state index in [9.17, 15) is 14.4 Å². The molecule has 0 spiro atoms. The molecule has 3 rings (SSSR count). The Morgan fingerprint density at radius 2 is 2.04 bits per heavy atom. The first-order valence-corrected chi connectivity index (χ1v) is 7.62. The monoisotopic (exact) mass is 344 g/mol. The number of para-hydroxylation sites is 2. The van der Waals surface area contributed by atoms with Gasteiger partial charge in [0.15, 0.2) is 11.7 Å². The summed E-state index contributed by atoms with van der Waals surface area (Å²) in [7, 11) is 0. The van der Waals surface area contributed by atoms with Gasteiger partial charge >= 0.3 is 11.7 Å². The van der Waals surface area contributed by atoms with Crippen molar-refractivity contribution in [2.24, 2.45) is 0 Å². The molecule has 1 N–H and O–H groups in total. The molecule has 2 heterocycles. The first kappa shape index (κ1) is 16.6. The number of oxazole rings is 1. The minimum atomic E-state index is -1.00. The summed E-state index contributed by atoms with van der Waals surface area (Å²) in [6, 6.07) is 10.2. The number of carbonyl (C=O) groups excluding carboxylic acids is 2. The lowest BCUT2D eigenvalue weighted by molar-refractivity contribution is -0.155. The molecule has 1 atom stereocenters. The lowest BCUT2D eigenvalue weighted by Crippen LogP contribution is -2.36. The SMILES string of the molecule is C[C@@H](OC(=O)Cn1c(=O)oc2ccccc21)C(=O)NCc1ccco1. The lowest BCUT2D eigenvalue weighted by Gasteiger charge is -2.13. The Kier molecular flexibility index (Phi) is 4.69. The molecule has 8 heteroatoms. The van der Waals surface area contributed by atoms with Gasteiger partial charge in [0.25, 0.3) is 5.91 Å². The van der Waals surface area contributed by atoms with Crippen molar-refractivity contribution in [1.82, 2.24) is 9.88 Å². The van der Waals surface area contributed by atoms with Crippen LogP contribution in [0.2, 0.25) is 0 Å². The number of hydrogen-bond donors (Lipinski definition) is 1. The van der Waals surface area contributed by atoms with E-state index in [1.165, 1.54) is 13.2 Å². The highest BCUT2D eigenvalue weighted by Gasteiger charge is 2.20. The Morgan fingerprint density at radius 1 is 1.24 bits per heavy atom. The Balaban J connectivity index is 1.58. The van der Waals surface area contributed by atoms with Gasteiger partial charge in [-0.25, -0.2) is 4.79 Å². The zero-order chi connectivity index (χ0) is 17.8. The normalized spacial score (nSPS) is 12.0. The third kappa shape index (κ3) is 3.79. The molecule has 8 nitrogen and oxygen atoms in total. The van der Waals surface area contributed by atoms with Crippen molar-refractivity contribution in [3.05, 3.63) is 59.0 Å². The number of nitrogens with zero attached hydrogens (tertiary/aromatic N) is 1. The molecule has 130 valence electrons. The number of fused-ring (bicyclic) bond motifs is 1. The predicted molar refractivity (Wildman–Crippen MR) is 86.6 cm³/mol. The van der Waals surface area contributed by atoms with Crippen LogP contribution in [0.15, 0.2) is 56.3 Å². The highest BCUT2D eigenvalue weighted by Crippen LogP contribution is 2.11. The zero-order valence-electron chi connectivity index (χ0n) is 13.4. The zero-order valence-corrected chi connectivity index (χ0v) is 13.4. The molecule has 0 radical (unpaired) electrons. The summed E-state index contributed by atoms with van der Waals surface area (Å²) >= 11 is 0. The van der Waals surface area contributed by atoms with Crippen molar-refractivity contribution in [2.75, 3.05) is 0 Å². The molecule has 0 unspecified atom stereocenters. The third-order valence-electron chi connectivity index (χ3n) is 3.56. The van der Waals surface area contributed by atoms with Crippen LogP contribution < -0.4 is 11.1 Å². The number of benzene rings is 1. The molecule has 0 fully saturated rings. The molecule has 0 bridgehead atoms. The number of carbonyl (C=O) groups is 2. The van der Waals surface area contributed by atoms with E-state index in [1.807, 2.05) is 0 Å². The van der Waals surface area contributed by atoms with Crippen LogP contribution in [0.4, 0.5) is 0 Å². The van der Waals surface area contributed by atoms with E-state index in [0.717, 1.165) is 4.57 Å². The van der Waals surface area contributed by atoms with Crippen molar-refractivity contribution in [2.45, 2.75) is 26.1 Å². The van der Waals surface area contributed by atoms with Crippen LogP contribution in [0.3, 0.4) is 0 Å². The summed E-state index contributed by atoms with van der Waals surface area (Å²) in [5.41, 5.74) is 0.865. The van der Waals surface area contributed by atoms with Gasteiger partial charge in [-0.2, -0.15) is 0 Å². The highest BCUT2D eigenvalue weighted by molar-refractivity contribution is 5.83. The number of amides is 1. The van der Waals surface area contributed by atoms with Crippen molar-refractivity contribution in [3.63, 3.8) is 0 Å². The van der Waals surface area contributed by atoms with Gasteiger partial charge in [-0.3, -0.25) is 14.2 Å². The van der Waals surface area contributed by atoms with Gasteiger partial charge in [0.2, 0.25) is 0 Å². The minimum Gasteiger partial charge on any atom is -0.467 e. The lowest BCUT2D eigenvalue weighted by atomic mass is 10.3. The van der Waals surface area contributed by atoms with E-state index in [2.05, 4.69) is 5.32 Å². The van der Waals surface area contributed by atoms with Crippen molar-refractivity contribution in [1.29, 1.82) is 0 Å². The topological polar surface area (TPSA) is 104 Å². The second-order valence-electron chi connectivity index (χ2n) is 5.35. The Morgan fingerprint density at radius 3 is 2.80 bits per heavy atom. The number of ether oxygens (including phenoxy) is 1. The second kappa shape index (κ2) is 7.08. The molecule has 2 aromatic heterocycles. The van der Waals surface area contributed by atoms with Crippen molar-refractivity contribution in [3.8, 4) is 0 Å². The molecule has 0 aliphatic rings. The molecule has 0 saturated heterocycles. The van der Waals surface area contributed by atoms with Crippen LogP contribution in [0.25, 0.3) is 11.1 Å². The van der Waals surface area contributed by atoms with Gasteiger partial charge in [-0.15, -0.1) is 0 Å². The fraction of sp³-hybridized carbons (Fsp3) is 0.235. The van der Waals surface area contributed by atoms with E-state index in [-0.39, 0.29) is 13.1 Å². The van der Waals surface area contributed by atoms with E-state index < -0.39 is 23.7 Å². The molecule has 25 heavy (non-hydrogen) atoms. The van der Waals surface area contributed by atoms with Crippen LogP contribution in [0.1, 0.15) is 12.7 Å². The minimum absolute atomic E-state index is 0.194. The summed E-state index contributed by atoms with van der Waals surface area (Å²) < 4.78 is 16.4. The number of hydrogen-bond acceptors (Lipinski definition) is 6. The highest BCUT2D eigenvalue weighted by atomic mass is 16.5. The molecule has 0 aliphatic heterocycles. The van der Waals surface area contributed by atoms with Gasteiger partial charge in [-0.05, 0) is 31.2 Å². The first-order valence-electron chi connectivity index (χ1n) is 7.62. The summed E-state index contributed by atoms with van der Waals surface area (Å²) in [4.78, 5) is 35.8. The molecule has 0 saturated carbocycles. The summed E-state index contributed by atoms with van der Waals surface area (Å²) in [5.74, 6) is -1.25. The molecular weight excluding hydrogens is 328 g/mol. The maximum Gasteiger partial charge on any atom is 0.420 e. The van der Waals surface area contributed by atoms with Crippen LogP contribution >= 0.6 is 0 Å². The first-order chi connectivity index (χ1) is 12.0. The molecule has 1 amide bonds. The third-order valence-corrected chi connectivity index (χ3v) is 3.56. The van der Waals surface area contributed by atoms with E-state index in [0.29, 0.717) is 16.9 Å². The second-order valence-corrected chi connectivity index (χ2v) is 5.35. The van der Waals surface area contributed by atoms with Gasteiger partial charge < -0.3 is 18.9 Å². The smallest absolute Gasteiger partial charge is 0.420 e. The maximum absolute atomic E-state index is 12.0. The van der Waals surface area contributed by atoms with E-state index >= 15 is 0 Å². The van der Waals surface area contributed by atoms with E-state index in [1.54, 1.807) is 36.4 Å². The maximum atomic E-state index is 12.0. The number of nitrogens with one attached hydrogen (secondary N) is 1. The van der Waals surface area contributed by atoms with Crippen LogP contribution in [0, 0.1) is 0 Å². The standard InChI is InChI=1S/C17H16N2O6/c1-11(16(21)18-9-12-5-4-8-23-12)24-15(20)10-19-13-6-2-3-7-14(13)25-17(19)22/h2-8,11H,9-10H2,1H3,(H,18,21)/t11-/m1/s1. The average molecular weight is 344 g/mol. The fourth-order valence-electron chi connectivity index (χ4n) is 2.31. The average Bonchev–Trinajstić information content (AvgIpc) is 3.21. The molecule has 1 aromatic carbocycles. The van der Waals surface area contributed by atoms with Gasteiger partial charge in [0.05, 0.1) is 18.3 Å². The summed E-state index contributed by atoms with van der Waals surface area (Å²) in [5, 5.41) is 2.59. The number of esters is 1. The van der Waals surface area contributed by atoms with Gasteiger partial charge in [-0.1, -0.05) is 12.1 Å². The van der Waals surface area contributed by atoms with Crippen LogP contribution in [-0.4, -0.2) is 22.5 Å². The molecular formula is C17H16N2O6. The van der Waals surface area contributed by atoms with Crippen LogP contribution in [0.5, 0.6) is 0 Å². The van der Waals surface area contributed by atoms with Crippen molar-refractivity contribution < 1.29 is 23.2 Å². The fourth-order valence-corrected chi connectivity index (χ4v) is 2.31. The predicted octanol–water partition coefficient (Wildman–Crippen LogP) is 1.44. The molecule has 0 aliphatic carbocycles. The van der Waals surface area contributed by atoms with Crippen molar-refractivity contribution >= 4 is 23.0 Å². The van der Waals surface area contributed by atoms with E-state index in [4.69, 9.17) is 13.6 Å². The Labute approximate surface area is 142 Å². The Hall–Kier alpha value is -3.29. The number of furan rings is 1. The summed E-state index contributed by atoms with van der Waals surface area (Å²) in [6.07, 6.45) is 0.495. The Bertz CT molecular complexity index is 938. The largest absolute Gasteiger partial charge is 0.467 e.